The van der Waals surface area contributed by atoms with Gasteiger partial charge < -0.3 is 38.9 Å². The van der Waals surface area contributed by atoms with Gasteiger partial charge in [0.2, 0.25) is 0 Å². The predicted octanol–water partition coefficient (Wildman–Crippen LogP) is 33.1. The topological polar surface area (TPSA) is 101 Å². The zero-order chi connectivity index (χ0) is 81.1. The molecule has 0 saturated heterocycles. The molecule has 20 aromatic carbocycles. The van der Waals surface area contributed by atoms with Gasteiger partial charge in [0.25, 0.3) is 0 Å². The van der Waals surface area contributed by atoms with Crippen molar-refractivity contribution in [3.8, 4) is 55.6 Å². The van der Waals surface area contributed by atoms with Crippen LogP contribution < -0.4 is 21.3 Å². The fourth-order valence-electron chi connectivity index (χ4n) is 16.9. The molecule has 4 heterocycles. The second-order valence-corrected chi connectivity index (χ2v) is 30.5. The van der Waals surface area contributed by atoms with Gasteiger partial charge in [-0.25, -0.2) is 0 Å². The van der Waals surface area contributed by atoms with Gasteiger partial charge in [0.05, 0.1) is 11.1 Å². The molecule has 0 radical (unpaired) electrons. The maximum atomic E-state index is 6.50. The minimum absolute atomic E-state index is 0.874. The van der Waals surface area contributed by atoms with E-state index in [2.05, 4.69) is 379 Å². The van der Waals surface area contributed by atoms with Crippen molar-refractivity contribution in [2.45, 2.75) is 0 Å². The van der Waals surface area contributed by atoms with Crippen LogP contribution in [0.3, 0.4) is 0 Å². The van der Waals surface area contributed by atoms with Crippen LogP contribution in [0.15, 0.2) is 467 Å². The molecule has 24 rings (SSSR count). The first-order valence-electron chi connectivity index (χ1n) is 41.1. The molecule has 0 aliphatic rings. The number of hydrogen-bond acceptors (Lipinski definition) is 8. The van der Waals surface area contributed by atoms with E-state index in [1.807, 2.05) is 91.0 Å². The van der Waals surface area contributed by atoms with E-state index in [1.165, 1.54) is 76.8 Å². The van der Waals surface area contributed by atoms with Crippen molar-refractivity contribution in [2.75, 3.05) is 21.3 Å². The quantitative estimate of drug-likeness (QED) is 0.0906. The van der Waals surface area contributed by atoms with E-state index in [0.29, 0.717) is 0 Å². The number of anilines is 8. The third-order valence-corrected chi connectivity index (χ3v) is 22.8. The van der Waals surface area contributed by atoms with Crippen LogP contribution >= 0.6 is 0 Å². The van der Waals surface area contributed by atoms with Crippen LogP contribution in [0.2, 0.25) is 0 Å². The summed E-state index contributed by atoms with van der Waals surface area (Å²) < 4.78 is 24.6. The average Bonchev–Trinajstić information content (AvgIpc) is 1.57. The Morgan fingerprint density at radius 3 is 1.06 bits per heavy atom. The van der Waals surface area contributed by atoms with Crippen LogP contribution in [0.25, 0.3) is 176 Å². The highest BCUT2D eigenvalue weighted by Gasteiger charge is 2.20. The van der Waals surface area contributed by atoms with Gasteiger partial charge in [0, 0.05) is 94.0 Å². The minimum atomic E-state index is 0.874. The van der Waals surface area contributed by atoms with Crippen LogP contribution in [-0.4, -0.2) is 0 Å². The van der Waals surface area contributed by atoms with Gasteiger partial charge in [0.1, 0.15) is 44.7 Å². The Morgan fingerprint density at radius 2 is 0.508 bits per heavy atom. The summed E-state index contributed by atoms with van der Waals surface area (Å²) in [5.74, 6) is 0. The maximum absolute atomic E-state index is 6.50. The number of hydrogen-bond donors (Lipinski definition) is 4. The lowest BCUT2D eigenvalue weighted by atomic mass is 9.93. The first-order valence-corrected chi connectivity index (χ1v) is 41.1. The fraction of sp³-hybridized carbons (Fsp3) is 0. The Kier molecular flexibility index (Phi) is 19.6. The summed E-state index contributed by atoms with van der Waals surface area (Å²) >= 11 is 0. The second-order valence-electron chi connectivity index (χ2n) is 30.5. The molecular formula is C114H78N4O4. The molecular weight excluding hydrogens is 1490 g/mol. The van der Waals surface area contributed by atoms with E-state index < -0.39 is 0 Å². The Labute approximate surface area is 704 Å². The Hall–Kier alpha value is -16.4. The highest BCUT2D eigenvalue weighted by molar-refractivity contribution is 6.18. The zero-order valence-corrected chi connectivity index (χ0v) is 66.4. The van der Waals surface area contributed by atoms with Gasteiger partial charge in [-0.1, -0.05) is 303 Å². The van der Waals surface area contributed by atoms with Crippen molar-refractivity contribution in [3.63, 3.8) is 0 Å². The van der Waals surface area contributed by atoms with Crippen LogP contribution in [0, 0.1) is 0 Å². The van der Waals surface area contributed by atoms with Crippen LogP contribution in [0.1, 0.15) is 0 Å². The standard InChI is InChI=1S/C34H21NO2.C32H21NO.C30H21NO.C18H15N/c1-2-8-22-19-24(15-13-21(22)7-1)35-29-17-16-25(34-33(29)27-10-4-6-12-31(27)37-34)23-14-18-32-28(20-23)26-9-3-5-11-30(26)36-32;1-2-8-22-19-24(15-13-21(22)7-1)33-30-17-16-25(26-9-3-4-10-27(26)30)23-14-18-32-29(20-23)28-11-5-6-12-31(28)34-32;1-3-9-21(10-4-1)27-20-24(31-23-11-5-2-6-12-23)16-17-25(27)22-15-18-30-28(19-22)26-13-7-8-14-29(26)32-30;1-3-9-15(10-4-1)17-13-7-8-14-18(17)19-16-11-5-2-6-12-16/h1-20,35H;1-20,33H;1-20,31H;1-14,19H. The molecule has 0 unspecified atom stereocenters. The van der Waals surface area contributed by atoms with Crippen molar-refractivity contribution in [2.24, 2.45) is 0 Å². The molecule has 0 fully saturated rings. The zero-order valence-electron chi connectivity index (χ0n) is 66.4. The molecule has 4 aromatic heterocycles. The molecule has 0 aliphatic carbocycles. The van der Waals surface area contributed by atoms with E-state index in [9.17, 15) is 0 Å². The highest BCUT2D eigenvalue weighted by atomic mass is 16.3. The SMILES string of the molecule is c1ccc(Nc2ccc(-c3ccc4oc5ccccc5c4c3)c(-c3ccccc3)c2)cc1.c1ccc(Nc2ccccc2-c2ccccc2)cc1.c1ccc2cc(Nc3ccc(-c4ccc5oc6ccccc6c5c4)c4ccccc34)ccc2c1.c1ccc2cc(Nc3ccc(-c4ccc5oc6ccccc6c5c4)c4oc5ccccc5c34)ccc2c1. The number of para-hydroxylation sites is 7. The lowest BCUT2D eigenvalue weighted by Crippen LogP contribution is -1.93. The summed E-state index contributed by atoms with van der Waals surface area (Å²) in [7, 11) is 0. The molecule has 4 N–H and O–H groups in total. The van der Waals surface area contributed by atoms with Crippen molar-refractivity contribution in [3.05, 3.63) is 449 Å². The van der Waals surface area contributed by atoms with Crippen molar-refractivity contribution in [1.82, 2.24) is 0 Å². The predicted molar refractivity (Wildman–Crippen MR) is 513 cm³/mol. The Bertz CT molecular complexity index is 7970. The molecule has 0 spiro atoms. The van der Waals surface area contributed by atoms with E-state index in [4.69, 9.17) is 17.7 Å². The first-order chi connectivity index (χ1) is 60.4. The smallest absolute Gasteiger partial charge is 0.145 e. The number of furan rings is 4. The largest absolute Gasteiger partial charge is 0.456 e. The van der Waals surface area contributed by atoms with E-state index in [0.717, 1.165) is 144 Å². The molecule has 8 heteroatoms. The van der Waals surface area contributed by atoms with E-state index in [1.54, 1.807) is 0 Å². The monoisotopic (exact) mass is 1570 g/mol. The van der Waals surface area contributed by atoms with Crippen LogP contribution in [0.4, 0.5) is 45.5 Å². The second kappa shape index (κ2) is 32.6. The van der Waals surface area contributed by atoms with Crippen molar-refractivity contribution >= 4 is 166 Å². The van der Waals surface area contributed by atoms with Crippen molar-refractivity contribution < 1.29 is 17.7 Å². The molecule has 122 heavy (non-hydrogen) atoms. The van der Waals surface area contributed by atoms with Gasteiger partial charge in [0.15, 0.2) is 0 Å². The molecule has 0 atom stereocenters. The van der Waals surface area contributed by atoms with Gasteiger partial charge in [-0.2, -0.15) is 0 Å². The molecule has 0 aliphatic heterocycles. The molecule has 24 aromatic rings. The molecule has 0 saturated carbocycles. The number of nitrogens with one attached hydrogen (secondary N) is 4. The van der Waals surface area contributed by atoms with Gasteiger partial charge in [-0.15, -0.1) is 0 Å². The maximum Gasteiger partial charge on any atom is 0.145 e. The summed E-state index contributed by atoms with van der Waals surface area (Å²) in [5.41, 5.74) is 27.6. The molecule has 0 amide bonds. The van der Waals surface area contributed by atoms with Gasteiger partial charge in [-0.3, -0.25) is 0 Å². The third-order valence-electron chi connectivity index (χ3n) is 22.8. The van der Waals surface area contributed by atoms with E-state index in [-0.39, 0.29) is 0 Å². The van der Waals surface area contributed by atoms with Crippen LogP contribution in [0.5, 0.6) is 0 Å². The van der Waals surface area contributed by atoms with Gasteiger partial charge >= 0.3 is 0 Å². The summed E-state index contributed by atoms with van der Waals surface area (Å²) in [6, 6.07) is 156. The molecule has 8 nitrogen and oxygen atoms in total. The normalized spacial score (nSPS) is 11.3. The highest BCUT2D eigenvalue weighted by Crippen LogP contribution is 2.46. The Morgan fingerprint density at radius 1 is 0.148 bits per heavy atom. The minimum Gasteiger partial charge on any atom is -0.456 e. The summed E-state index contributed by atoms with van der Waals surface area (Å²) in [6.07, 6.45) is 0. The lowest BCUT2D eigenvalue weighted by molar-refractivity contribution is 0.668. The number of benzene rings is 20. The Balaban J connectivity index is 0.000000102. The lowest BCUT2D eigenvalue weighted by Gasteiger charge is -2.14. The summed E-state index contributed by atoms with van der Waals surface area (Å²) in [6.45, 7) is 0. The number of rotatable bonds is 13. The third kappa shape index (κ3) is 14.8. The number of fused-ring (bicyclic) bond motifs is 15. The van der Waals surface area contributed by atoms with Crippen LogP contribution in [-0.2, 0) is 0 Å². The summed E-state index contributed by atoms with van der Waals surface area (Å²) in [5, 5.41) is 30.6. The summed E-state index contributed by atoms with van der Waals surface area (Å²) in [4.78, 5) is 0. The first kappa shape index (κ1) is 73.2. The molecule has 578 valence electrons. The average molecular weight is 1570 g/mol. The fourth-order valence-corrected chi connectivity index (χ4v) is 16.9. The van der Waals surface area contributed by atoms with E-state index >= 15 is 0 Å². The molecule has 0 bridgehead atoms. The van der Waals surface area contributed by atoms with Gasteiger partial charge in [-0.05, 0) is 217 Å². The van der Waals surface area contributed by atoms with Crippen molar-refractivity contribution in [1.29, 1.82) is 0 Å².